The van der Waals surface area contributed by atoms with Gasteiger partial charge in [-0.15, -0.1) is 0 Å². The van der Waals surface area contributed by atoms with Gasteiger partial charge in [-0.2, -0.15) is 0 Å². The molecule has 0 aliphatic carbocycles. The van der Waals surface area contributed by atoms with Crippen molar-refractivity contribution in [3.05, 3.63) is 91.6 Å². The standard InChI is InChI=1S/C22H14Cl2N2O4/c1-12-19(18(30-26-12)8-7-13-5-3-2-4-6-13)25-21(27)16-10-14-9-15(23)11-17(24)20(14)29-22(16)28/h2-11H,1H3,(H,25,27)/b8-7+. The van der Waals surface area contributed by atoms with Crippen molar-refractivity contribution in [1.82, 2.24) is 5.16 Å². The van der Waals surface area contributed by atoms with Crippen molar-refractivity contribution in [3.8, 4) is 0 Å². The summed E-state index contributed by atoms with van der Waals surface area (Å²) >= 11 is 12.1. The summed E-state index contributed by atoms with van der Waals surface area (Å²) in [7, 11) is 0. The zero-order chi connectivity index (χ0) is 21.3. The lowest BCUT2D eigenvalue weighted by atomic mass is 10.1. The first-order chi connectivity index (χ1) is 14.4. The van der Waals surface area contributed by atoms with Gasteiger partial charge in [0.25, 0.3) is 5.91 Å². The number of aromatic nitrogens is 1. The molecule has 1 N–H and O–H groups in total. The lowest BCUT2D eigenvalue weighted by molar-refractivity contribution is 0.102. The second kappa shape index (κ2) is 8.18. The molecule has 0 spiro atoms. The van der Waals surface area contributed by atoms with E-state index in [4.69, 9.17) is 32.1 Å². The van der Waals surface area contributed by atoms with Crippen LogP contribution >= 0.6 is 23.2 Å². The predicted molar refractivity (Wildman–Crippen MR) is 117 cm³/mol. The first-order valence-electron chi connectivity index (χ1n) is 8.86. The number of anilines is 1. The van der Waals surface area contributed by atoms with E-state index < -0.39 is 11.5 Å². The van der Waals surface area contributed by atoms with Gasteiger partial charge in [0, 0.05) is 10.4 Å². The Hall–Kier alpha value is -3.35. The number of benzene rings is 2. The van der Waals surface area contributed by atoms with Crippen molar-refractivity contribution in [2.45, 2.75) is 6.92 Å². The third-order valence-electron chi connectivity index (χ3n) is 4.35. The van der Waals surface area contributed by atoms with Crippen molar-refractivity contribution < 1.29 is 13.7 Å². The van der Waals surface area contributed by atoms with Crippen LogP contribution in [0.1, 0.15) is 27.4 Å². The smallest absolute Gasteiger partial charge is 0.349 e. The summed E-state index contributed by atoms with van der Waals surface area (Å²) in [6.07, 6.45) is 3.51. The highest BCUT2D eigenvalue weighted by atomic mass is 35.5. The van der Waals surface area contributed by atoms with E-state index >= 15 is 0 Å². The van der Waals surface area contributed by atoms with Crippen molar-refractivity contribution in [1.29, 1.82) is 0 Å². The summed E-state index contributed by atoms with van der Waals surface area (Å²) < 4.78 is 10.5. The molecule has 0 fully saturated rings. The number of fused-ring (bicyclic) bond motifs is 1. The van der Waals surface area contributed by atoms with E-state index in [2.05, 4.69) is 10.5 Å². The quantitative estimate of drug-likeness (QED) is 0.404. The molecule has 6 nitrogen and oxygen atoms in total. The first-order valence-corrected chi connectivity index (χ1v) is 9.61. The van der Waals surface area contributed by atoms with Gasteiger partial charge < -0.3 is 14.3 Å². The van der Waals surface area contributed by atoms with Crippen LogP contribution in [0.2, 0.25) is 10.0 Å². The molecule has 150 valence electrons. The van der Waals surface area contributed by atoms with Crippen LogP contribution in [0.3, 0.4) is 0 Å². The predicted octanol–water partition coefficient (Wildman–Crippen LogP) is 5.82. The minimum Gasteiger partial charge on any atom is -0.421 e. The number of halogens is 2. The molecule has 8 heteroatoms. The van der Waals surface area contributed by atoms with E-state index in [0.717, 1.165) is 5.56 Å². The highest BCUT2D eigenvalue weighted by Crippen LogP contribution is 2.28. The Balaban J connectivity index is 1.66. The van der Waals surface area contributed by atoms with Crippen molar-refractivity contribution >= 4 is 57.9 Å². The molecule has 0 bridgehead atoms. The molecule has 2 aromatic carbocycles. The normalized spacial score (nSPS) is 11.3. The van der Waals surface area contributed by atoms with Crippen LogP contribution in [0, 0.1) is 6.92 Å². The molecule has 0 saturated heterocycles. The SMILES string of the molecule is Cc1noc(/C=C/c2ccccc2)c1NC(=O)c1cc2cc(Cl)cc(Cl)c2oc1=O. The zero-order valence-electron chi connectivity index (χ0n) is 15.6. The van der Waals surface area contributed by atoms with Gasteiger partial charge in [-0.05, 0) is 36.8 Å². The Bertz CT molecular complexity index is 1340. The monoisotopic (exact) mass is 440 g/mol. The van der Waals surface area contributed by atoms with E-state index in [1.54, 1.807) is 19.1 Å². The van der Waals surface area contributed by atoms with E-state index in [1.807, 2.05) is 36.4 Å². The number of rotatable bonds is 4. The molecule has 1 amide bonds. The minimum absolute atomic E-state index is 0.162. The molecule has 4 rings (SSSR count). The van der Waals surface area contributed by atoms with Crippen molar-refractivity contribution in [2.24, 2.45) is 0 Å². The Morgan fingerprint density at radius 1 is 1.10 bits per heavy atom. The van der Waals surface area contributed by atoms with Gasteiger partial charge >= 0.3 is 5.63 Å². The Morgan fingerprint density at radius 3 is 2.63 bits per heavy atom. The maximum Gasteiger partial charge on any atom is 0.349 e. The first kappa shape index (κ1) is 19.9. The average molecular weight is 441 g/mol. The van der Waals surface area contributed by atoms with Gasteiger partial charge in [0.2, 0.25) is 0 Å². The van der Waals surface area contributed by atoms with E-state index in [0.29, 0.717) is 27.6 Å². The maximum absolute atomic E-state index is 12.8. The van der Waals surface area contributed by atoms with Gasteiger partial charge in [0.15, 0.2) is 11.3 Å². The summed E-state index contributed by atoms with van der Waals surface area (Å²) in [6, 6.07) is 14.0. The average Bonchev–Trinajstić information content (AvgIpc) is 3.07. The third kappa shape index (κ3) is 4.01. The van der Waals surface area contributed by atoms with Gasteiger partial charge in [0.1, 0.15) is 16.9 Å². The Morgan fingerprint density at radius 2 is 1.87 bits per heavy atom. The lowest BCUT2D eigenvalue weighted by Crippen LogP contribution is -2.21. The van der Waals surface area contributed by atoms with Crippen molar-refractivity contribution in [3.63, 3.8) is 0 Å². The van der Waals surface area contributed by atoms with Crippen LogP contribution in [0.15, 0.2) is 62.3 Å². The number of carbonyl (C=O) groups excluding carboxylic acids is 1. The number of carbonyl (C=O) groups is 1. The van der Waals surface area contributed by atoms with Crippen LogP contribution in [-0.2, 0) is 0 Å². The largest absolute Gasteiger partial charge is 0.421 e. The molecular weight excluding hydrogens is 427 g/mol. The zero-order valence-corrected chi connectivity index (χ0v) is 17.1. The fraction of sp³-hybridized carbons (Fsp3) is 0.0455. The molecule has 0 atom stereocenters. The maximum atomic E-state index is 12.8. The number of aryl methyl sites for hydroxylation is 1. The molecular formula is C22H14Cl2N2O4. The highest BCUT2D eigenvalue weighted by molar-refractivity contribution is 6.38. The lowest BCUT2D eigenvalue weighted by Gasteiger charge is -2.06. The van der Waals surface area contributed by atoms with E-state index in [-0.39, 0.29) is 16.2 Å². The van der Waals surface area contributed by atoms with Gasteiger partial charge in [0.05, 0.1) is 5.02 Å². The molecule has 2 heterocycles. The van der Waals surface area contributed by atoms with Crippen LogP contribution in [0.25, 0.3) is 23.1 Å². The van der Waals surface area contributed by atoms with Gasteiger partial charge in [-0.1, -0.05) is 64.8 Å². The molecule has 30 heavy (non-hydrogen) atoms. The van der Waals surface area contributed by atoms with Crippen molar-refractivity contribution in [2.75, 3.05) is 5.32 Å². The number of hydrogen-bond acceptors (Lipinski definition) is 5. The van der Waals surface area contributed by atoms with Crippen LogP contribution in [-0.4, -0.2) is 11.1 Å². The molecule has 0 saturated carbocycles. The van der Waals surface area contributed by atoms with Crippen LogP contribution in [0.4, 0.5) is 5.69 Å². The van der Waals surface area contributed by atoms with E-state index in [9.17, 15) is 9.59 Å². The summed E-state index contributed by atoms with van der Waals surface area (Å²) in [4.78, 5) is 25.1. The second-order valence-corrected chi connectivity index (χ2v) is 7.30. The molecule has 2 aromatic heterocycles. The molecule has 0 aliphatic rings. The van der Waals surface area contributed by atoms with Crippen LogP contribution < -0.4 is 10.9 Å². The fourth-order valence-corrected chi connectivity index (χ4v) is 3.43. The fourth-order valence-electron chi connectivity index (χ4n) is 2.89. The summed E-state index contributed by atoms with van der Waals surface area (Å²) in [6.45, 7) is 1.68. The number of amides is 1. The number of hydrogen-bond donors (Lipinski definition) is 1. The second-order valence-electron chi connectivity index (χ2n) is 6.46. The third-order valence-corrected chi connectivity index (χ3v) is 4.85. The number of nitrogens with one attached hydrogen (secondary N) is 1. The summed E-state index contributed by atoms with van der Waals surface area (Å²) in [5.41, 5.74) is 0.922. The summed E-state index contributed by atoms with van der Waals surface area (Å²) in [5.74, 6) is -0.316. The van der Waals surface area contributed by atoms with Crippen LogP contribution in [0.5, 0.6) is 0 Å². The van der Waals surface area contributed by atoms with Gasteiger partial charge in [-0.25, -0.2) is 4.79 Å². The van der Waals surface area contributed by atoms with Gasteiger partial charge in [-0.3, -0.25) is 4.79 Å². The Kier molecular flexibility index (Phi) is 5.44. The highest BCUT2D eigenvalue weighted by Gasteiger charge is 2.19. The number of nitrogens with zero attached hydrogens (tertiary/aromatic N) is 1. The Labute approximate surface area is 180 Å². The topological polar surface area (TPSA) is 85.3 Å². The molecule has 0 unspecified atom stereocenters. The minimum atomic E-state index is -0.820. The summed E-state index contributed by atoms with van der Waals surface area (Å²) in [5, 5.41) is 7.54. The molecule has 0 radical (unpaired) electrons. The molecule has 4 aromatic rings. The molecule has 0 aliphatic heterocycles. The van der Waals surface area contributed by atoms with E-state index in [1.165, 1.54) is 12.1 Å².